The summed E-state index contributed by atoms with van der Waals surface area (Å²) in [5, 5.41) is 11.0. The number of anilines is 1. The van der Waals surface area contributed by atoms with Gasteiger partial charge in [-0.3, -0.25) is 14.9 Å². The number of nitrogens with zero attached hydrogens (tertiary/aromatic N) is 3. The highest BCUT2D eigenvalue weighted by Crippen LogP contribution is 2.36. The highest BCUT2D eigenvalue weighted by atomic mass is 19.4. The first kappa shape index (κ1) is 17.3. The SMILES string of the molecule is O=c1[nH]c(N/N=C2\CCCC2c2cccc(C(F)(F)F)c2)nc2[nH]ncc12. The molecule has 0 saturated heterocycles. The van der Waals surface area contributed by atoms with Crippen LogP contribution in [-0.4, -0.2) is 25.9 Å². The van der Waals surface area contributed by atoms with Crippen molar-refractivity contribution in [2.45, 2.75) is 31.4 Å². The van der Waals surface area contributed by atoms with Gasteiger partial charge in [0.25, 0.3) is 5.56 Å². The topological polar surface area (TPSA) is 98.8 Å². The van der Waals surface area contributed by atoms with Crippen molar-refractivity contribution in [2.24, 2.45) is 5.10 Å². The maximum absolute atomic E-state index is 13.0. The summed E-state index contributed by atoms with van der Waals surface area (Å²) in [5.74, 6) is -0.0682. The third-order valence-corrected chi connectivity index (χ3v) is 4.57. The van der Waals surface area contributed by atoms with Gasteiger partial charge in [0, 0.05) is 11.6 Å². The molecule has 1 aliphatic rings. The zero-order chi connectivity index (χ0) is 19.0. The van der Waals surface area contributed by atoms with Crippen molar-refractivity contribution in [1.82, 2.24) is 20.2 Å². The number of fused-ring (bicyclic) bond motifs is 1. The summed E-state index contributed by atoms with van der Waals surface area (Å²) in [5.41, 5.74) is 3.29. The Morgan fingerprint density at radius 2 is 2.15 bits per heavy atom. The van der Waals surface area contributed by atoms with E-state index in [9.17, 15) is 18.0 Å². The molecular weight excluding hydrogens is 361 g/mol. The molecule has 0 radical (unpaired) electrons. The molecule has 140 valence electrons. The molecule has 2 aromatic heterocycles. The van der Waals surface area contributed by atoms with E-state index in [-0.39, 0.29) is 17.4 Å². The number of alkyl halides is 3. The lowest BCUT2D eigenvalue weighted by atomic mass is 9.94. The molecule has 0 amide bonds. The number of H-pyrrole nitrogens is 2. The van der Waals surface area contributed by atoms with Crippen LogP contribution in [0.5, 0.6) is 0 Å². The Labute approximate surface area is 150 Å². The Hall–Kier alpha value is -3.17. The minimum atomic E-state index is -4.38. The van der Waals surface area contributed by atoms with Crippen LogP contribution in [0.2, 0.25) is 0 Å². The van der Waals surface area contributed by atoms with E-state index in [1.807, 2.05) is 0 Å². The average Bonchev–Trinajstić information content (AvgIpc) is 3.28. The van der Waals surface area contributed by atoms with Gasteiger partial charge in [-0.15, -0.1) is 0 Å². The van der Waals surface area contributed by atoms with E-state index in [0.717, 1.165) is 18.2 Å². The summed E-state index contributed by atoms with van der Waals surface area (Å²) in [6, 6.07) is 5.31. The van der Waals surface area contributed by atoms with E-state index in [4.69, 9.17) is 0 Å². The molecule has 10 heteroatoms. The molecule has 1 fully saturated rings. The fourth-order valence-corrected chi connectivity index (χ4v) is 3.28. The van der Waals surface area contributed by atoms with E-state index >= 15 is 0 Å². The van der Waals surface area contributed by atoms with E-state index in [2.05, 4.69) is 30.7 Å². The maximum Gasteiger partial charge on any atom is 0.416 e. The van der Waals surface area contributed by atoms with Crippen molar-refractivity contribution in [1.29, 1.82) is 0 Å². The number of hydrogen-bond acceptors (Lipinski definition) is 5. The quantitative estimate of drug-likeness (QED) is 0.610. The molecule has 1 aromatic carbocycles. The van der Waals surface area contributed by atoms with Gasteiger partial charge in [-0.1, -0.05) is 18.2 Å². The van der Waals surface area contributed by atoms with Crippen LogP contribution < -0.4 is 11.0 Å². The second-order valence-electron chi connectivity index (χ2n) is 6.33. The normalized spacial score (nSPS) is 19.1. The van der Waals surface area contributed by atoms with E-state index in [1.54, 1.807) is 6.07 Å². The predicted octanol–water partition coefficient (Wildman–Crippen LogP) is 3.40. The van der Waals surface area contributed by atoms with E-state index in [0.29, 0.717) is 29.4 Å². The van der Waals surface area contributed by atoms with Gasteiger partial charge in [0.2, 0.25) is 5.95 Å². The highest BCUT2D eigenvalue weighted by Gasteiger charge is 2.32. The summed E-state index contributed by atoms with van der Waals surface area (Å²) < 4.78 is 38.9. The first-order valence-corrected chi connectivity index (χ1v) is 8.35. The molecule has 1 unspecified atom stereocenters. The molecule has 27 heavy (non-hydrogen) atoms. The van der Waals surface area contributed by atoms with Crippen molar-refractivity contribution in [3.8, 4) is 0 Å². The van der Waals surface area contributed by atoms with Gasteiger partial charge in [0.05, 0.1) is 11.8 Å². The van der Waals surface area contributed by atoms with Crippen LogP contribution in [0.3, 0.4) is 0 Å². The van der Waals surface area contributed by atoms with Gasteiger partial charge in [-0.2, -0.15) is 28.4 Å². The largest absolute Gasteiger partial charge is 0.416 e. The van der Waals surface area contributed by atoms with E-state index < -0.39 is 11.7 Å². The lowest BCUT2D eigenvalue weighted by Gasteiger charge is -2.14. The molecule has 1 saturated carbocycles. The van der Waals surface area contributed by atoms with E-state index in [1.165, 1.54) is 18.3 Å². The van der Waals surface area contributed by atoms with Crippen molar-refractivity contribution in [3.05, 3.63) is 51.9 Å². The smallest absolute Gasteiger partial charge is 0.291 e. The first-order valence-electron chi connectivity index (χ1n) is 8.35. The Bertz CT molecular complexity index is 1070. The molecule has 0 spiro atoms. The van der Waals surface area contributed by atoms with Gasteiger partial charge in [-0.05, 0) is 30.9 Å². The standard InChI is InChI=1S/C17H15F3N6O/c18-17(19,20)10-4-1-3-9(7-10)11-5-2-6-13(11)24-26-16-22-14-12(8-21-25-14)15(27)23-16/h1,3-4,7-8,11H,2,5-6H2,(H3,21,22,23,25,26,27)/b24-13+. The number of aromatic nitrogens is 4. The van der Waals surface area contributed by atoms with Gasteiger partial charge in [0.1, 0.15) is 5.39 Å². The van der Waals surface area contributed by atoms with Gasteiger partial charge < -0.3 is 0 Å². The fourth-order valence-electron chi connectivity index (χ4n) is 3.28. The molecule has 0 aliphatic heterocycles. The summed E-state index contributed by atoms with van der Waals surface area (Å²) in [7, 11) is 0. The summed E-state index contributed by atoms with van der Waals surface area (Å²) >= 11 is 0. The molecule has 7 nitrogen and oxygen atoms in total. The van der Waals surface area contributed by atoms with Gasteiger partial charge in [-0.25, -0.2) is 5.43 Å². The minimum absolute atomic E-state index is 0.138. The Kier molecular flexibility index (Phi) is 4.17. The first-order chi connectivity index (χ1) is 12.9. The molecule has 3 aromatic rings. The second-order valence-corrected chi connectivity index (χ2v) is 6.33. The van der Waals surface area contributed by atoms with Crippen molar-refractivity contribution < 1.29 is 13.2 Å². The number of hydrogen-bond donors (Lipinski definition) is 3. The van der Waals surface area contributed by atoms with Crippen LogP contribution in [0, 0.1) is 0 Å². The summed E-state index contributed by atoms with van der Waals surface area (Å²) in [4.78, 5) is 18.6. The molecule has 2 heterocycles. The fraction of sp³-hybridized carbons (Fsp3) is 0.294. The molecule has 0 bridgehead atoms. The van der Waals surface area contributed by atoms with Gasteiger partial charge in [0.15, 0.2) is 5.65 Å². The van der Waals surface area contributed by atoms with Crippen LogP contribution in [0.15, 0.2) is 40.4 Å². The molecule has 3 N–H and O–H groups in total. The third kappa shape index (κ3) is 3.42. The maximum atomic E-state index is 13.0. The lowest BCUT2D eigenvalue weighted by Crippen LogP contribution is -2.13. The predicted molar refractivity (Wildman–Crippen MR) is 93.6 cm³/mol. The van der Waals surface area contributed by atoms with Crippen LogP contribution in [-0.2, 0) is 6.18 Å². The monoisotopic (exact) mass is 376 g/mol. The number of hydrazone groups is 1. The highest BCUT2D eigenvalue weighted by molar-refractivity contribution is 5.93. The van der Waals surface area contributed by atoms with Crippen molar-refractivity contribution >= 4 is 22.7 Å². The average molecular weight is 376 g/mol. The third-order valence-electron chi connectivity index (χ3n) is 4.57. The van der Waals surface area contributed by atoms with Crippen LogP contribution in [0.4, 0.5) is 19.1 Å². The number of halogens is 3. The number of benzene rings is 1. The summed E-state index contributed by atoms with van der Waals surface area (Å²) in [6.07, 6.45) is -0.814. The summed E-state index contributed by atoms with van der Waals surface area (Å²) in [6.45, 7) is 0. The second kappa shape index (κ2) is 6.53. The molecular formula is C17H15F3N6O. The Balaban J connectivity index is 1.60. The zero-order valence-corrected chi connectivity index (χ0v) is 14.0. The Morgan fingerprint density at radius 1 is 1.30 bits per heavy atom. The lowest BCUT2D eigenvalue weighted by molar-refractivity contribution is -0.137. The molecule has 1 aliphatic carbocycles. The van der Waals surface area contributed by atoms with Crippen LogP contribution in [0.25, 0.3) is 11.0 Å². The van der Waals surface area contributed by atoms with Crippen LogP contribution >= 0.6 is 0 Å². The molecule has 4 rings (SSSR count). The zero-order valence-electron chi connectivity index (χ0n) is 14.0. The Morgan fingerprint density at radius 3 is 2.96 bits per heavy atom. The number of rotatable bonds is 3. The number of aromatic amines is 2. The molecule has 1 atom stereocenters. The van der Waals surface area contributed by atoms with Gasteiger partial charge >= 0.3 is 6.18 Å². The minimum Gasteiger partial charge on any atom is -0.291 e. The number of nitrogens with one attached hydrogen (secondary N) is 3. The van der Waals surface area contributed by atoms with Crippen molar-refractivity contribution in [3.63, 3.8) is 0 Å². The van der Waals surface area contributed by atoms with Crippen LogP contribution in [0.1, 0.15) is 36.3 Å². The van der Waals surface area contributed by atoms with Crippen molar-refractivity contribution in [2.75, 3.05) is 5.43 Å².